The summed E-state index contributed by atoms with van der Waals surface area (Å²) >= 11 is 0. The lowest BCUT2D eigenvalue weighted by Crippen LogP contribution is -2.64. The summed E-state index contributed by atoms with van der Waals surface area (Å²) in [4.78, 5) is 62.1. The molecule has 5 saturated heterocycles. The lowest BCUT2D eigenvalue weighted by Gasteiger charge is -2.51. The van der Waals surface area contributed by atoms with Crippen molar-refractivity contribution in [3.63, 3.8) is 0 Å². The number of amides is 3. The van der Waals surface area contributed by atoms with Crippen LogP contribution in [-0.4, -0.2) is 131 Å². The molecule has 2 N–H and O–H groups in total. The number of likely N-dealkylation sites (tertiary alicyclic amines) is 2. The highest BCUT2D eigenvalue weighted by molar-refractivity contribution is 6.08. The molecule has 1 saturated carbocycles. The molecular formula is C43H48F4N12O5. The van der Waals surface area contributed by atoms with Gasteiger partial charge in [0.2, 0.25) is 11.8 Å². The molecule has 17 nitrogen and oxygen atoms in total. The number of rotatable bonds is 9. The van der Waals surface area contributed by atoms with Crippen LogP contribution < -0.4 is 21.2 Å². The number of hydrogen-bond donors (Lipinski definition) is 2. The third-order valence-corrected chi connectivity index (χ3v) is 14.6. The fraction of sp³-hybridized carbons (Fsp3) is 0.558. The van der Waals surface area contributed by atoms with Gasteiger partial charge in [-0.05, 0) is 62.6 Å². The number of morpholine rings is 1. The van der Waals surface area contributed by atoms with Crippen molar-refractivity contribution in [1.29, 1.82) is 0 Å². The normalized spacial score (nSPS) is 27.8. The van der Waals surface area contributed by atoms with Crippen molar-refractivity contribution in [2.45, 2.75) is 106 Å². The van der Waals surface area contributed by atoms with Gasteiger partial charge in [-0.15, -0.1) is 0 Å². The standard InChI is InChI=1S/C43H48F4N12O5/c1-53-37-28(3-2-4-31(37)59(42(53)63)32-9-10-35(60)51-41(32)62)23-17-55(18-23)33-11-13-54(22-43(33,46)47)24-5-7-25(8-6-24)58-20-30(36(52-58)38(44)45)49-40(61)29-16-48-57-14-12-34(50-39(29)57)56-19-27-15-26(56)21-64-27/h2-4,12,14,16,20,23-27,32-33,38H,5-11,13,15,17-19,21-22H2,1H3,(H,49,61)(H,51,60,62)/t24?,25?,26-,27-,32?,33?/m1/s1. The first-order chi connectivity index (χ1) is 30.8. The van der Waals surface area contributed by atoms with Crippen LogP contribution in [0, 0.1) is 0 Å². The van der Waals surface area contributed by atoms with E-state index in [1.807, 2.05) is 28.0 Å². The van der Waals surface area contributed by atoms with Crippen LogP contribution in [0.25, 0.3) is 16.7 Å². The van der Waals surface area contributed by atoms with E-state index in [4.69, 9.17) is 9.72 Å². The molecule has 4 aromatic heterocycles. The molecule has 6 aliphatic rings. The lowest BCUT2D eigenvalue weighted by molar-refractivity contribution is -0.151. The molecule has 5 aromatic rings. The second-order valence-electron chi connectivity index (χ2n) is 18.3. The Morgan fingerprint density at radius 2 is 1.78 bits per heavy atom. The molecule has 338 valence electrons. The van der Waals surface area contributed by atoms with E-state index in [9.17, 15) is 28.0 Å². The van der Waals surface area contributed by atoms with Gasteiger partial charge in [0.25, 0.3) is 18.3 Å². The predicted octanol–water partition coefficient (Wildman–Crippen LogP) is 4.02. The van der Waals surface area contributed by atoms with Crippen LogP contribution >= 0.6 is 0 Å². The number of aryl methyl sites for hydroxylation is 1. The maximum absolute atomic E-state index is 16.1. The number of benzene rings is 1. The van der Waals surface area contributed by atoms with E-state index in [0.717, 1.165) is 12.0 Å². The Kier molecular flexibility index (Phi) is 9.95. The number of carbonyl (C=O) groups is 3. The summed E-state index contributed by atoms with van der Waals surface area (Å²) in [5.41, 5.74) is 1.52. The van der Waals surface area contributed by atoms with Crippen molar-refractivity contribution < 1.29 is 36.7 Å². The number of halogens is 4. The van der Waals surface area contributed by atoms with Crippen molar-refractivity contribution in [1.82, 2.24) is 48.6 Å². The van der Waals surface area contributed by atoms with Crippen molar-refractivity contribution in [2.75, 3.05) is 49.5 Å². The molecule has 21 heteroatoms. The molecule has 64 heavy (non-hydrogen) atoms. The number of ether oxygens (including phenoxy) is 1. The number of carbonyl (C=O) groups excluding carboxylic acids is 3. The first-order valence-corrected chi connectivity index (χ1v) is 22.1. The molecular weight excluding hydrogens is 841 g/mol. The number of piperidine rings is 2. The van der Waals surface area contributed by atoms with E-state index >= 15 is 8.78 Å². The van der Waals surface area contributed by atoms with Crippen molar-refractivity contribution in [3.05, 3.63) is 70.2 Å². The molecule has 1 aromatic carbocycles. The van der Waals surface area contributed by atoms with Gasteiger partial charge in [0, 0.05) is 64.0 Å². The number of alkyl halides is 4. The van der Waals surface area contributed by atoms with E-state index in [0.29, 0.717) is 81.0 Å². The molecule has 1 aliphatic carbocycles. The Morgan fingerprint density at radius 1 is 0.984 bits per heavy atom. The molecule has 5 aliphatic heterocycles. The van der Waals surface area contributed by atoms with E-state index in [1.54, 1.807) is 19.3 Å². The largest absolute Gasteiger partial charge is 0.374 e. The van der Waals surface area contributed by atoms with Crippen LogP contribution in [0.15, 0.2) is 47.7 Å². The van der Waals surface area contributed by atoms with Gasteiger partial charge in [0.05, 0.1) is 60.3 Å². The van der Waals surface area contributed by atoms with Gasteiger partial charge in [-0.2, -0.15) is 10.2 Å². The first kappa shape index (κ1) is 41.1. The first-order valence-electron chi connectivity index (χ1n) is 22.1. The van der Waals surface area contributed by atoms with Gasteiger partial charge in [0.1, 0.15) is 17.4 Å². The maximum atomic E-state index is 16.1. The van der Waals surface area contributed by atoms with E-state index in [1.165, 1.54) is 30.7 Å². The number of imidazole rings is 1. The molecule has 0 radical (unpaired) electrons. The number of nitrogens with one attached hydrogen (secondary N) is 2. The third kappa shape index (κ3) is 6.88. The minimum Gasteiger partial charge on any atom is -0.374 e. The lowest BCUT2D eigenvalue weighted by atomic mass is 9.84. The summed E-state index contributed by atoms with van der Waals surface area (Å²) in [7, 11) is 1.64. The maximum Gasteiger partial charge on any atom is 0.329 e. The third-order valence-electron chi connectivity index (χ3n) is 14.6. The van der Waals surface area contributed by atoms with Gasteiger partial charge in [-0.1, -0.05) is 12.1 Å². The number of imide groups is 1. The van der Waals surface area contributed by atoms with Crippen LogP contribution in [-0.2, 0) is 21.4 Å². The molecule has 4 atom stereocenters. The minimum absolute atomic E-state index is 0.0834. The van der Waals surface area contributed by atoms with E-state index in [2.05, 4.69) is 25.7 Å². The van der Waals surface area contributed by atoms with Crippen LogP contribution in [0.4, 0.5) is 29.1 Å². The Hall–Kier alpha value is -5.67. The van der Waals surface area contributed by atoms with E-state index < -0.39 is 41.9 Å². The average molecular weight is 889 g/mol. The SMILES string of the molecule is Cn1c(=O)n(C2CCC(=O)NC2=O)c2cccc(C3CN(C4CCN(C5CCC(n6cc(NC(=O)c7cnn8ccc(N9C[C@H]%10C[C@@H]9CO%10)nc78)c(C(F)F)n6)CC5)CC4(F)F)C3)c21. The molecule has 9 heterocycles. The Labute approximate surface area is 363 Å². The molecule has 3 amide bonds. The Balaban J connectivity index is 0.713. The highest BCUT2D eigenvalue weighted by Gasteiger charge is 2.52. The Bertz CT molecular complexity index is 2740. The van der Waals surface area contributed by atoms with Gasteiger partial charge < -0.3 is 15.0 Å². The van der Waals surface area contributed by atoms with Crippen molar-refractivity contribution in [3.8, 4) is 0 Å². The monoisotopic (exact) mass is 888 g/mol. The molecule has 2 unspecified atom stereocenters. The smallest absolute Gasteiger partial charge is 0.329 e. The molecule has 11 rings (SSSR count). The highest BCUT2D eigenvalue weighted by Crippen LogP contribution is 2.42. The summed E-state index contributed by atoms with van der Waals surface area (Å²) < 4.78 is 72.4. The van der Waals surface area contributed by atoms with Gasteiger partial charge in [-0.25, -0.2) is 31.9 Å². The minimum atomic E-state index is -2.98. The summed E-state index contributed by atoms with van der Waals surface area (Å²) in [5, 5.41) is 13.4. The zero-order chi connectivity index (χ0) is 44.2. The van der Waals surface area contributed by atoms with E-state index in [-0.39, 0.29) is 78.8 Å². The predicted molar refractivity (Wildman–Crippen MR) is 223 cm³/mol. The van der Waals surface area contributed by atoms with Crippen LogP contribution in [0.1, 0.15) is 97.4 Å². The van der Waals surface area contributed by atoms with Gasteiger partial charge >= 0.3 is 5.69 Å². The number of hydrogen-bond acceptors (Lipinski definition) is 11. The second kappa shape index (κ2) is 15.5. The number of nitrogens with zero attached hydrogens (tertiary/aromatic N) is 10. The average Bonchev–Trinajstić information content (AvgIpc) is 4.11. The van der Waals surface area contributed by atoms with Crippen LogP contribution in [0.5, 0.6) is 0 Å². The number of para-hydroxylation sites is 1. The van der Waals surface area contributed by atoms with Crippen LogP contribution in [0.2, 0.25) is 0 Å². The van der Waals surface area contributed by atoms with Crippen molar-refractivity contribution >= 4 is 45.9 Å². The quantitative estimate of drug-likeness (QED) is 0.162. The summed E-state index contributed by atoms with van der Waals surface area (Å²) in [6.45, 7) is 2.24. The zero-order valence-corrected chi connectivity index (χ0v) is 35.1. The fourth-order valence-electron chi connectivity index (χ4n) is 11.3. The highest BCUT2D eigenvalue weighted by atomic mass is 19.3. The summed E-state index contributed by atoms with van der Waals surface area (Å²) in [6.07, 6.45) is 5.53. The fourth-order valence-corrected chi connectivity index (χ4v) is 11.3. The number of fused-ring (bicyclic) bond motifs is 4. The topological polar surface area (TPSA) is 169 Å². The number of aromatic nitrogens is 7. The number of anilines is 2. The van der Waals surface area contributed by atoms with Gasteiger partial charge in [0.15, 0.2) is 11.3 Å². The molecule has 6 fully saturated rings. The Morgan fingerprint density at radius 3 is 2.50 bits per heavy atom. The second-order valence-corrected chi connectivity index (χ2v) is 18.3. The van der Waals surface area contributed by atoms with Crippen molar-refractivity contribution in [2.24, 2.45) is 7.05 Å². The summed E-state index contributed by atoms with van der Waals surface area (Å²) in [6, 6.07) is 5.44. The molecule has 0 spiro atoms. The summed E-state index contributed by atoms with van der Waals surface area (Å²) in [5.74, 6) is -3.89. The molecule has 2 bridgehead atoms. The van der Waals surface area contributed by atoms with Crippen LogP contribution in [0.3, 0.4) is 0 Å². The zero-order valence-electron chi connectivity index (χ0n) is 35.1. The van der Waals surface area contributed by atoms with Gasteiger partial charge in [-0.3, -0.25) is 43.3 Å².